The summed E-state index contributed by atoms with van der Waals surface area (Å²) < 4.78 is 7.56. The molecule has 138 valence electrons. The number of hydrogen-bond donors (Lipinski definition) is 0. The van der Waals surface area contributed by atoms with Gasteiger partial charge in [-0.3, -0.25) is 0 Å². The Morgan fingerprint density at radius 3 is 1.92 bits per heavy atom. The van der Waals surface area contributed by atoms with Gasteiger partial charge in [0.1, 0.15) is 0 Å². The van der Waals surface area contributed by atoms with Crippen molar-refractivity contribution in [2.24, 2.45) is 0 Å². The van der Waals surface area contributed by atoms with Crippen LogP contribution < -0.4 is 4.90 Å². The highest BCUT2D eigenvalue weighted by Gasteiger charge is 2.27. The first-order valence-corrected chi connectivity index (χ1v) is 9.90. The maximum Gasteiger partial charge on any atom is 0.0798 e. The summed E-state index contributed by atoms with van der Waals surface area (Å²) in [6.07, 6.45) is 2.40. The topological polar surface area (TPSA) is 15.7 Å². The molecule has 24 heavy (non-hydrogen) atoms. The first-order chi connectivity index (χ1) is 11.2. The largest absolute Gasteiger partial charge is 0.378 e. The van der Waals surface area contributed by atoms with Crippen molar-refractivity contribution < 1.29 is 4.74 Å². The van der Waals surface area contributed by atoms with Gasteiger partial charge in [-0.2, -0.15) is 0 Å². The minimum Gasteiger partial charge on any atom is -0.378 e. The zero-order chi connectivity index (χ0) is 18.3. The van der Waals surface area contributed by atoms with Gasteiger partial charge in [-0.1, -0.05) is 59.1 Å². The smallest absolute Gasteiger partial charge is 0.0798 e. The SMILES string of the molecule is CCCN(CCC)CCOCCN(C)c1c(C(C)(C)C)c(=S)c1=S. The molecule has 0 saturated carbocycles. The highest BCUT2D eigenvalue weighted by Crippen LogP contribution is 2.38. The fourth-order valence-corrected chi connectivity index (χ4v) is 3.88. The molecule has 0 aliphatic carbocycles. The van der Waals surface area contributed by atoms with Gasteiger partial charge in [-0.05, 0) is 31.3 Å². The number of nitrogens with zero attached hydrogens (tertiary/aromatic N) is 2. The van der Waals surface area contributed by atoms with E-state index in [2.05, 4.69) is 51.5 Å². The number of ether oxygens (including phenoxy) is 1. The summed E-state index contributed by atoms with van der Waals surface area (Å²) in [5.41, 5.74) is 2.41. The Hall–Kier alpha value is -0.360. The van der Waals surface area contributed by atoms with E-state index in [1.165, 1.54) is 18.4 Å². The summed E-state index contributed by atoms with van der Waals surface area (Å²) >= 11 is 10.9. The normalized spacial score (nSPS) is 12.3. The van der Waals surface area contributed by atoms with Gasteiger partial charge < -0.3 is 14.5 Å². The third kappa shape index (κ3) is 5.87. The van der Waals surface area contributed by atoms with Crippen molar-refractivity contribution in [2.75, 3.05) is 51.3 Å². The number of anilines is 1. The molecule has 0 radical (unpaired) electrons. The molecule has 0 spiro atoms. The summed E-state index contributed by atoms with van der Waals surface area (Å²) in [5, 5.41) is 0. The summed E-state index contributed by atoms with van der Waals surface area (Å²) in [5.74, 6) is 0. The van der Waals surface area contributed by atoms with Crippen molar-refractivity contribution in [2.45, 2.75) is 52.9 Å². The average Bonchev–Trinajstić information content (AvgIpc) is 2.50. The Morgan fingerprint density at radius 2 is 1.42 bits per heavy atom. The molecule has 5 heteroatoms. The molecular formula is C19H34N2OS2. The lowest BCUT2D eigenvalue weighted by atomic mass is 9.83. The molecule has 1 aromatic rings. The average molecular weight is 371 g/mol. The third-order valence-corrected chi connectivity index (χ3v) is 5.15. The van der Waals surface area contributed by atoms with E-state index >= 15 is 0 Å². The fraction of sp³-hybridized carbons (Fsp3) is 0.789. The van der Waals surface area contributed by atoms with Crippen LogP contribution in [0.5, 0.6) is 0 Å². The summed E-state index contributed by atoms with van der Waals surface area (Å²) in [6, 6.07) is 0. The van der Waals surface area contributed by atoms with Crippen LogP contribution in [0.25, 0.3) is 0 Å². The molecule has 3 nitrogen and oxygen atoms in total. The first kappa shape index (κ1) is 21.7. The van der Waals surface area contributed by atoms with E-state index in [-0.39, 0.29) is 5.41 Å². The lowest BCUT2D eigenvalue weighted by molar-refractivity contribution is 0.108. The molecule has 0 amide bonds. The van der Waals surface area contributed by atoms with Crippen LogP contribution in [0, 0.1) is 9.02 Å². The standard InChI is InChI=1S/C19H34N2OS2/c1-7-9-21(10-8-2)12-14-22-13-11-20(6)16-15(19(3,4)5)17(23)18(16)24/h7-14H2,1-6H3. The Labute approximate surface area is 158 Å². The van der Waals surface area contributed by atoms with Gasteiger partial charge in [0.2, 0.25) is 0 Å². The van der Waals surface area contributed by atoms with Gasteiger partial charge in [0.05, 0.1) is 27.9 Å². The molecule has 0 aliphatic rings. The van der Waals surface area contributed by atoms with Gasteiger partial charge in [-0.15, -0.1) is 0 Å². The van der Waals surface area contributed by atoms with Crippen molar-refractivity contribution in [3.8, 4) is 0 Å². The van der Waals surface area contributed by atoms with Gasteiger partial charge in [-0.25, -0.2) is 0 Å². The molecule has 0 N–H and O–H groups in total. The fourth-order valence-electron chi connectivity index (χ4n) is 3.02. The Balaban J connectivity index is 2.43. The molecule has 0 bridgehead atoms. The Kier molecular flexibility index (Phi) is 8.99. The zero-order valence-corrected chi connectivity index (χ0v) is 17.9. The lowest BCUT2D eigenvalue weighted by Gasteiger charge is -2.32. The zero-order valence-electron chi connectivity index (χ0n) is 16.3. The highest BCUT2D eigenvalue weighted by atomic mass is 32.1. The quantitative estimate of drug-likeness (QED) is 0.406. The molecule has 0 heterocycles. The molecule has 0 atom stereocenters. The monoisotopic (exact) mass is 370 g/mol. The lowest BCUT2D eigenvalue weighted by Crippen LogP contribution is -2.31. The van der Waals surface area contributed by atoms with E-state index in [0.717, 1.165) is 54.1 Å². The van der Waals surface area contributed by atoms with Gasteiger partial charge in [0.15, 0.2) is 0 Å². The van der Waals surface area contributed by atoms with E-state index < -0.39 is 0 Å². The Bertz CT molecular complexity index is 565. The van der Waals surface area contributed by atoms with Crippen molar-refractivity contribution >= 4 is 30.1 Å². The summed E-state index contributed by atoms with van der Waals surface area (Å²) in [7, 11) is 2.08. The highest BCUT2D eigenvalue weighted by molar-refractivity contribution is 7.74. The van der Waals surface area contributed by atoms with Gasteiger partial charge in [0.25, 0.3) is 0 Å². The van der Waals surface area contributed by atoms with Crippen LogP contribution in [-0.2, 0) is 10.2 Å². The second-order valence-corrected chi connectivity index (χ2v) is 8.32. The van der Waals surface area contributed by atoms with Crippen LogP contribution in [-0.4, -0.2) is 51.3 Å². The minimum absolute atomic E-state index is 0.0463. The molecule has 0 saturated heterocycles. The van der Waals surface area contributed by atoms with Crippen molar-refractivity contribution in [1.82, 2.24) is 4.90 Å². The van der Waals surface area contributed by atoms with Crippen molar-refractivity contribution in [1.29, 1.82) is 0 Å². The molecule has 1 aromatic carbocycles. The summed E-state index contributed by atoms with van der Waals surface area (Å²) in [6.45, 7) is 16.7. The van der Waals surface area contributed by atoms with Crippen LogP contribution >= 0.6 is 24.4 Å². The van der Waals surface area contributed by atoms with E-state index in [1.54, 1.807) is 0 Å². The summed E-state index contributed by atoms with van der Waals surface area (Å²) in [4.78, 5) is 4.68. The first-order valence-electron chi connectivity index (χ1n) is 9.09. The van der Waals surface area contributed by atoms with Crippen LogP contribution in [0.4, 0.5) is 5.69 Å². The van der Waals surface area contributed by atoms with Crippen LogP contribution in [0.2, 0.25) is 0 Å². The predicted octanol–water partition coefficient (Wildman–Crippen LogP) is 4.89. The van der Waals surface area contributed by atoms with Gasteiger partial charge >= 0.3 is 0 Å². The van der Waals surface area contributed by atoms with Crippen LogP contribution in [0.1, 0.15) is 53.0 Å². The number of hydrogen-bond acceptors (Lipinski definition) is 5. The molecule has 0 aromatic heterocycles. The molecular weight excluding hydrogens is 336 g/mol. The number of likely N-dealkylation sites (N-methyl/N-ethyl adjacent to an activating group) is 1. The third-order valence-electron chi connectivity index (χ3n) is 4.22. The molecule has 0 aliphatic heterocycles. The maximum absolute atomic E-state index is 5.85. The second-order valence-electron chi connectivity index (χ2n) is 7.51. The van der Waals surface area contributed by atoms with Crippen molar-refractivity contribution in [3.63, 3.8) is 0 Å². The maximum atomic E-state index is 5.85. The molecule has 0 fully saturated rings. The van der Waals surface area contributed by atoms with Crippen LogP contribution in [0.15, 0.2) is 0 Å². The predicted molar refractivity (Wildman–Crippen MR) is 110 cm³/mol. The van der Waals surface area contributed by atoms with E-state index in [4.69, 9.17) is 29.2 Å². The van der Waals surface area contributed by atoms with E-state index in [0.29, 0.717) is 0 Å². The van der Waals surface area contributed by atoms with Crippen LogP contribution in [0.3, 0.4) is 0 Å². The minimum atomic E-state index is 0.0463. The Morgan fingerprint density at radius 1 is 0.875 bits per heavy atom. The van der Waals surface area contributed by atoms with E-state index in [1.807, 2.05) is 0 Å². The molecule has 1 rings (SSSR count). The number of rotatable bonds is 11. The second kappa shape index (κ2) is 9.95. The van der Waals surface area contributed by atoms with Crippen molar-refractivity contribution in [3.05, 3.63) is 14.6 Å². The molecule has 0 unspecified atom stereocenters. The van der Waals surface area contributed by atoms with E-state index in [9.17, 15) is 0 Å². The van der Waals surface area contributed by atoms with Gasteiger partial charge in [0, 0.05) is 25.7 Å².